The fraction of sp³-hybridized carbons (Fsp3) is 0. The molecule has 0 fully saturated rings. The smallest absolute Gasteiger partial charge is 0.0449 e. The van der Waals surface area contributed by atoms with Gasteiger partial charge in [0.25, 0.3) is 0 Å². The normalized spacial score (nSPS) is 19.2. The van der Waals surface area contributed by atoms with Crippen molar-refractivity contribution in [1.29, 1.82) is 0 Å². The Morgan fingerprint density at radius 1 is 0.200 bits per heavy atom. The van der Waals surface area contributed by atoms with Gasteiger partial charge >= 0.3 is 0 Å². The third-order valence-electron chi connectivity index (χ3n) is 5.09. The Hall–Kier alpha value is -1.80. The molecular formula is C24H12S6. The Morgan fingerprint density at radius 2 is 0.300 bits per heavy atom. The van der Waals surface area contributed by atoms with Crippen LogP contribution in [0.25, 0.3) is 0 Å². The van der Waals surface area contributed by atoms with Crippen molar-refractivity contribution in [2.24, 2.45) is 0 Å². The molecule has 0 atom stereocenters. The second kappa shape index (κ2) is 6.85. The Kier molecular flexibility index (Phi) is 4.07. The first-order chi connectivity index (χ1) is 14.8. The highest BCUT2D eigenvalue weighted by Crippen LogP contribution is 2.21. The first-order valence-electron chi connectivity index (χ1n) is 9.41. The van der Waals surface area contributed by atoms with Crippen LogP contribution in [0.5, 0.6) is 0 Å². The second-order valence-electron chi connectivity index (χ2n) is 6.98. The van der Waals surface area contributed by atoms with Gasteiger partial charge in [-0.1, -0.05) is 0 Å². The molecule has 0 saturated carbocycles. The third-order valence-corrected chi connectivity index (χ3v) is 12.8. The summed E-state index contributed by atoms with van der Waals surface area (Å²) in [7, 11) is 0. The van der Waals surface area contributed by atoms with Crippen LogP contribution in [-0.4, -0.2) is 0 Å². The van der Waals surface area contributed by atoms with Crippen LogP contribution in [0.1, 0.15) is 0 Å². The zero-order valence-electron chi connectivity index (χ0n) is 15.4. The largest absolute Gasteiger partial charge is 0.134 e. The van der Waals surface area contributed by atoms with Crippen LogP contribution in [-0.2, 0) is 0 Å². The van der Waals surface area contributed by atoms with Gasteiger partial charge in [0.05, 0.1) is 0 Å². The van der Waals surface area contributed by atoms with E-state index in [1.807, 2.05) is 68.0 Å². The van der Waals surface area contributed by atoms with Crippen LogP contribution in [0, 0.1) is 54.4 Å². The topological polar surface area (TPSA) is 0 Å². The second-order valence-corrected chi connectivity index (χ2v) is 13.5. The van der Waals surface area contributed by atoms with E-state index in [9.17, 15) is 0 Å². The molecule has 0 saturated heterocycles. The summed E-state index contributed by atoms with van der Waals surface area (Å²) in [6.45, 7) is 0. The summed E-state index contributed by atoms with van der Waals surface area (Å²) in [5, 5.41) is 0. The average Bonchev–Trinajstić information content (AvgIpc) is 3.58. The summed E-state index contributed by atoms with van der Waals surface area (Å²) in [5.41, 5.74) is 0. The van der Waals surface area contributed by atoms with E-state index in [0.29, 0.717) is 0 Å². The molecule has 0 N–H and O–H groups in total. The van der Waals surface area contributed by atoms with Gasteiger partial charge in [0, 0.05) is 54.4 Å². The van der Waals surface area contributed by atoms with Crippen LogP contribution in [0.2, 0.25) is 0 Å². The van der Waals surface area contributed by atoms with Gasteiger partial charge in [0.2, 0.25) is 0 Å². The van der Waals surface area contributed by atoms with Crippen molar-refractivity contribution in [2.75, 3.05) is 0 Å². The molecule has 1 aliphatic rings. The minimum Gasteiger partial charge on any atom is -0.134 e. The molecule has 30 heavy (non-hydrogen) atoms. The van der Waals surface area contributed by atoms with E-state index in [4.69, 9.17) is 0 Å². The first kappa shape index (κ1) is 17.8. The summed E-state index contributed by atoms with van der Waals surface area (Å²) in [6, 6.07) is 27.3. The molecule has 0 spiro atoms. The zero-order chi connectivity index (χ0) is 19.7. The maximum Gasteiger partial charge on any atom is 0.0449 e. The van der Waals surface area contributed by atoms with E-state index in [1.54, 1.807) is 0 Å². The predicted molar refractivity (Wildman–Crippen MR) is 132 cm³/mol. The molecule has 0 aromatic carbocycles. The molecule has 0 amide bonds. The maximum atomic E-state index is 2.28. The van der Waals surface area contributed by atoms with Gasteiger partial charge in [-0.25, -0.2) is 0 Å². The van der Waals surface area contributed by atoms with Crippen molar-refractivity contribution in [3.8, 4) is 0 Å². The lowest BCUT2D eigenvalue weighted by molar-refractivity contribution is 1.72. The SMILES string of the molecule is c1c/c2s/c1=c1/cc/c(s1)=c1\cc/c(s1)=c1\cc/c(s1)=c1\cc/c(s1)=c1\cc/c=2s1. The average molecular weight is 493 g/mol. The number of thiophene rings is 6. The number of hydrogen-bond acceptors (Lipinski definition) is 6. The van der Waals surface area contributed by atoms with E-state index in [2.05, 4.69) is 72.8 Å². The van der Waals surface area contributed by atoms with Crippen LogP contribution in [0.4, 0.5) is 0 Å². The van der Waals surface area contributed by atoms with E-state index >= 15 is 0 Å². The maximum absolute atomic E-state index is 2.28. The van der Waals surface area contributed by atoms with E-state index in [-0.39, 0.29) is 0 Å². The molecule has 0 unspecified atom stereocenters. The van der Waals surface area contributed by atoms with Gasteiger partial charge in [-0.15, -0.1) is 68.0 Å². The van der Waals surface area contributed by atoms with Gasteiger partial charge in [-0.05, 0) is 72.8 Å². The predicted octanol–water partition coefficient (Wildman–Crippen LogP) is 8.09. The van der Waals surface area contributed by atoms with Gasteiger partial charge in [0.15, 0.2) is 0 Å². The molecule has 12 bridgehead atoms. The van der Waals surface area contributed by atoms with E-state index < -0.39 is 0 Å². The van der Waals surface area contributed by atoms with Crippen molar-refractivity contribution in [1.82, 2.24) is 0 Å². The van der Waals surface area contributed by atoms with Crippen LogP contribution < -0.4 is 0 Å². The highest BCUT2D eigenvalue weighted by molar-refractivity contribution is 7.15. The van der Waals surface area contributed by atoms with Crippen molar-refractivity contribution in [2.45, 2.75) is 0 Å². The Balaban J connectivity index is 1.81. The molecule has 6 aromatic rings. The van der Waals surface area contributed by atoms with Gasteiger partial charge in [-0.2, -0.15) is 0 Å². The summed E-state index contributed by atoms with van der Waals surface area (Å²) in [4.78, 5) is 0. The lowest BCUT2D eigenvalue weighted by atomic mass is 10.4. The number of hydrogen-bond donors (Lipinski definition) is 0. The minimum absolute atomic E-state index is 1.36. The first-order valence-corrected chi connectivity index (χ1v) is 14.3. The summed E-state index contributed by atoms with van der Waals surface area (Å²) < 4.78 is 16.3. The molecule has 6 heteroatoms. The summed E-state index contributed by atoms with van der Waals surface area (Å²) in [5.74, 6) is 0. The Bertz CT molecular complexity index is 1590. The standard InChI is InChI=1S/C24H12S6/c1-2-14-16-5-6-19(27-16)20-9-10-23(29-20)24-12-11-22(30-24)21-8-7-18(28-21)17-4-3-15(26-17)13(1)25-14/h1-12H/b15-13-,16-14-,18-17-,20-19-,22-21-,24-23-. The Morgan fingerprint density at radius 3 is 0.400 bits per heavy atom. The summed E-state index contributed by atoms with van der Waals surface area (Å²) in [6.07, 6.45) is 0. The highest BCUT2D eigenvalue weighted by Gasteiger charge is 1.98. The highest BCUT2D eigenvalue weighted by atomic mass is 32.1. The van der Waals surface area contributed by atoms with Crippen molar-refractivity contribution < 1.29 is 0 Å². The molecule has 144 valence electrons. The van der Waals surface area contributed by atoms with Crippen LogP contribution in [0.3, 0.4) is 0 Å². The third kappa shape index (κ3) is 2.87. The van der Waals surface area contributed by atoms with E-state index in [1.165, 1.54) is 54.4 Å². The van der Waals surface area contributed by atoms with Crippen LogP contribution in [0.15, 0.2) is 72.8 Å². The fourth-order valence-corrected chi connectivity index (χ4v) is 10.2. The molecule has 7 heterocycles. The van der Waals surface area contributed by atoms with Gasteiger partial charge in [0.1, 0.15) is 0 Å². The molecule has 6 aromatic heterocycles. The van der Waals surface area contributed by atoms with Gasteiger partial charge in [-0.3, -0.25) is 0 Å². The van der Waals surface area contributed by atoms with E-state index in [0.717, 1.165) is 0 Å². The molecular weight excluding hydrogens is 481 g/mol. The Labute approximate surface area is 193 Å². The molecule has 1 aliphatic heterocycles. The monoisotopic (exact) mass is 492 g/mol. The van der Waals surface area contributed by atoms with Crippen molar-refractivity contribution in [3.63, 3.8) is 0 Å². The number of rotatable bonds is 0. The fourth-order valence-electron chi connectivity index (χ4n) is 3.62. The minimum atomic E-state index is 1.36. The lowest BCUT2D eigenvalue weighted by Crippen LogP contribution is -1.52. The van der Waals surface area contributed by atoms with Crippen LogP contribution >= 0.6 is 68.0 Å². The quantitative estimate of drug-likeness (QED) is 0.201. The van der Waals surface area contributed by atoms with Crippen molar-refractivity contribution >= 4 is 68.0 Å². The molecule has 0 aliphatic carbocycles. The zero-order valence-corrected chi connectivity index (χ0v) is 20.3. The summed E-state index contributed by atoms with van der Waals surface area (Å²) >= 11 is 11.4. The molecule has 0 nitrogen and oxygen atoms in total. The molecule has 7 rings (SSSR count). The molecule has 0 radical (unpaired) electrons. The number of fused-ring (bicyclic) bond motifs is 12. The van der Waals surface area contributed by atoms with Crippen molar-refractivity contribution in [3.05, 3.63) is 127 Å². The van der Waals surface area contributed by atoms with Gasteiger partial charge < -0.3 is 0 Å². The lowest BCUT2D eigenvalue weighted by Gasteiger charge is -1.75.